The van der Waals surface area contributed by atoms with Crippen LogP contribution >= 0.6 is 0 Å². The number of ether oxygens (including phenoxy) is 1. The highest BCUT2D eigenvalue weighted by atomic mass is 32.2. The molecule has 0 fully saturated rings. The second-order valence-electron chi connectivity index (χ2n) is 3.35. The monoisotopic (exact) mass is 248 g/mol. The van der Waals surface area contributed by atoms with Crippen LogP contribution in [0.5, 0.6) is 5.75 Å². The summed E-state index contributed by atoms with van der Waals surface area (Å²) in [6.07, 6.45) is 1.16. The molecule has 1 aromatic carbocycles. The smallest absolute Gasteiger partial charge is 0.182 e. The molecular formula is C10H13FO4S. The molecule has 0 heterocycles. The van der Waals surface area contributed by atoms with E-state index in [9.17, 15) is 12.8 Å². The molecule has 0 radical (unpaired) electrons. The average Bonchev–Trinajstić information content (AvgIpc) is 2.15. The minimum Gasteiger partial charge on any atom is -0.495 e. The fourth-order valence-corrected chi connectivity index (χ4v) is 2.33. The first-order chi connectivity index (χ1) is 7.40. The lowest BCUT2D eigenvalue weighted by atomic mass is 10.1. The molecule has 0 aliphatic carbocycles. The highest BCUT2D eigenvalue weighted by Gasteiger charge is 2.20. The van der Waals surface area contributed by atoms with Crippen LogP contribution in [0.15, 0.2) is 17.0 Å². The third-order valence-corrected chi connectivity index (χ3v) is 3.20. The van der Waals surface area contributed by atoms with Crippen LogP contribution in [0.2, 0.25) is 0 Å². The number of hydrogen-bond donors (Lipinski definition) is 1. The first kappa shape index (κ1) is 12.9. The largest absolute Gasteiger partial charge is 0.495 e. The number of aliphatic hydroxyl groups excluding tert-OH is 1. The summed E-state index contributed by atoms with van der Waals surface area (Å²) >= 11 is 0. The molecule has 1 N–H and O–H groups in total. The Morgan fingerprint density at radius 1 is 1.44 bits per heavy atom. The number of methoxy groups -OCH3 is 1. The van der Waals surface area contributed by atoms with E-state index < -0.39 is 20.5 Å². The fourth-order valence-electron chi connectivity index (χ4n) is 1.41. The van der Waals surface area contributed by atoms with Gasteiger partial charge in [0.2, 0.25) is 0 Å². The van der Waals surface area contributed by atoms with E-state index in [1.54, 1.807) is 0 Å². The molecule has 1 rings (SSSR count). The predicted molar refractivity (Wildman–Crippen MR) is 56.9 cm³/mol. The molecule has 16 heavy (non-hydrogen) atoms. The molecule has 0 aliphatic heterocycles. The molecule has 0 aliphatic rings. The normalized spacial score (nSPS) is 11.5. The summed E-state index contributed by atoms with van der Waals surface area (Å²) in [6, 6.07) is 2.50. The number of sulfone groups is 1. The molecule has 4 nitrogen and oxygen atoms in total. The molecule has 90 valence electrons. The minimum absolute atomic E-state index is 0.0362. The molecular weight excluding hydrogens is 235 g/mol. The SMILES string of the molecule is COc1cc(CCO)cc(F)c1S(C)(=O)=O. The summed E-state index contributed by atoms with van der Waals surface area (Å²) < 4.78 is 41.1. The second kappa shape index (κ2) is 4.80. The van der Waals surface area contributed by atoms with Crippen molar-refractivity contribution in [3.8, 4) is 5.75 Å². The van der Waals surface area contributed by atoms with Gasteiger partial charge in [-0.25, -0.2) is 12.8 Å². The lowest BCUT2D eigenvalue weighted by Gasteiger charge is -2.10. The first-order valence-electron chi connectivity index (χ1n) is 4.57. The molecule has 0 bridgehead atoms. The highest BCUT2D eigenvalue weighted by molar-refractivity contribution is 7.90. The minimum atomic E-state index is -3.67. The summed E-state index contributed by atoms with van der Waals surface area (Å²) in [5.74, 6) is -0.892. The van der Waals surface area contributed by atoms with Crippen molar-refractivity contribution >= 4 is 9.84 Å². The number of hydrogen-bond acceptors (Lipinski definition) is 4. The van der Waals surface area contributed by atoms with Crippen molar-refractivity contribution in [2.75, 3.05) is 20.0 Å². The van der Waals surface area contributed by atoms with Gasteiger partial charge in [-0.05, 0) is 24.1 Å². The van der Waals surface area contributed by atoms with E-state index in [2.05, 4.69) is 0 Å². The fraction of sp³-hybridized carbons (Fsp3) is 0.400. The van der Waals surface area contributed by atoms with Gasteiger partial charge in [0.1, 0.15) is 16.5 Å². The van der Waals surface area contributed by atoms with Crippen LogP contribution in [-0.2, 0) is 16.3 Å². The number of halogens is 1. The van der Waals surface area contributed by atoms with Gasteiger partial charge in [0.05, 0.1) is 7.11 Å². The molecule has 0 amide bonds. The zero-order valence-electron chi connectivity index (χ0n) is 9.03. The molecule has 0 saturated heterocycles. The van der Waals surface area contributed by atoms with Crippen molar-refractivity contribution in [3.63, 3.8) is 0 Å². The second-order valence-corrected chi connectivity index (χ2v) is 5.31. The zero-order valence-corrected chi connectivity index (χ0v) is 9.84. The number of rotatable bonds is 4. The van der Waals surface area contributed by atoms with Gasteiger partial charge in [0, 0.05) is 12.9 Å². The third kappa shape index (κ3) is 2.70. The molecule has 1 aromatic rings. The maximum absolute atomic E-state index is 13.6. The molecule has 0 spiro atoms. The Morgan fingerprint density at radius 2 is 2.06 bits per heavy atom. The topological polar surface area (TPSA) is 63.6 Å². The van der Waals surface area contributed by atoms with Gasteiger partial charge in [-0.1, -0.05) is 0 Å². The Morgan fingerprint density at radius 3 is 2.50 bits per heavy atom. The maximum Gasteiger partial charge on any atom is 0.182 e. The van der Waals surface area contributed by atoms with Crippen molar-refractivity contribution in [2.45, 2.75) is 11.3 Å². The van der Waals surface area contributed by atoms with Crippen molar-refractivity contribution in [3.05, 3.63) is 23.5 Å². The molecule has 0 saturated carbocycles. The van der Waals surface area contributed by atoms with Gasteiger partial charge in [0.15, 0.2) is 9.84 Å². The Kier molecular flexibility index (Phi) is 3.88. The lowest BCUT2D eigenvalue weighted by molar-refractivity contribution is 0.299. The van der Waals surface area contributed by atoms with Crippen LogP contribution in [0.25, 0.3) is 0 Å². The van der Waals surface area contributed by atoms with Gasteiger partial charge in [-0.15, -0.1) is 0 Å². The summed E-state index contributed by atoms with van der Waals surface area (Å²) in [4.78, 5) is -0.448. The van der Waals surface area contributed by atoms with Crippen LogP contribution in [0, 0.1) is 5.82 Å². The Bertz CT molecular complexity index is 482. The van der Waals surface area contributed by atoms with E-state index in [4.69, 9.17) is 9.84 Å². The lowest BCUT2D eigenvalue weighted by Crippen LogP contribution is -2.05. The van der Waals surface area contributed by atoms with E-state index in [0.717, 1.165) is 12.3 Å². The first-order valence-corrected chi connectivity index (χ1v) is 6.46. The van der Waals surface area contributed by atoms with Crippen LogP contribution in [0.1, 0.15) is 5.56 Å². The van der Waals surface area contributed by atoms with Crippen LogP contribution in [0.4, 0.5) is 4.39 Å². The summed E-state index contributed by atoms with van der Waals surface area (Å²) in [7, 11) is -2.40. The predicted octanol–water partition coefficient (Wildman–Crippen LogP) is 0.773. The zero-order chi connectivity index (χ0) is 12.3. The quantitative estimate of drug-likeness (QED) is 0.855. The van der Waals surface area contributed by atoms with E-state index in [1.807, 2.05) is 0 Å². The van der Waals surface area contributed by atoms with Crippen molar-refractivity contribution < 1.29 is 22.7 Å². The molecule has 0 atom stereocenters. The van der Waals surface area contributed by atoms with E-state index >= 15 is 0 Å². The van der Waals surface area contributed by atoms with Gasteiger partial charge in [0.25, 0.3) is 0 Å². The standard InChI is InChI=1S/C10H13FO4S/c1-15-9-6-7(3-4-12)5-8(11)10(9)16(2,13)14/h5-6,12H,3-4H2,1-2H3. The van der Waals surface area contributed by atoms with E-state index in [0.29, 0.717) is 5.56 Å². The maximum atomic E-state index is 13.6. The molecule has 6 heteroatoms. The van der Waals surface area contributed by atoms with Gasteiger partial charge < -0.3 is 9.84 Å². The van der Waals surface area contributed by atoms with Crippen molar-refractivity contribution in [1.29, 1.82) is 0 Å². The Hall–Kier alpha value is -1.14. The van der Waals surface area contributed by atoms with E-state index in [1.165, 1.54) is 13.2 Å². The van der Waals surface area contributed by atoms with Crippen LogP contribution < -0.4 is 4.74 Å². The van der Waals surface area contributed by atoms with E-state index in [-0.39, 0.29) is 18.8 Å². The van der Waals surface area contributed by atoms with Crippen molar-refractivity contribution in [2.24, 2.45) is 0 Å². The summed E-state index contributed by atoms with van der Waals surface area (Å²) in [5.41, 5.74) is 0.490. The Balaban J connectivity index is 3.41. The highest BCUT2D eigenvalue weighted by Crippen LogP contribution is 2.28. The van der Waals surface area contributed by atoms with Gasteiger partial charge in [-0.3, -0.25) is 0 Å². The number of benzene rings is 1. The molecule has 0 unspecified atom stereocenters. The summed E-state index contributed by atoms with van der Waals surface area (Å²) in [5, 5.41) is 8.72. The number of aliphatic hydroxyl groups is 1. The van der Waals surface area contributed by atoms with Crippen molar-refractivity contribution in [1.82, 2.24) is 0 Å². The Labute approximate surface area is 93.6 Å². The van der Waals surface area contributed by atoms with Gasteiger partial charge >= 0.3 is 0 Å². The summed E-state index contributed by atoms with van der Waals surface area (Å²) in [6.45, 7) is -0.138. The van der Waals surface area contributed by atoms with Crippen LogP contribution in [0.3, 0.4) is 0 Å². The van der Waals surface area contributed by atoms with Gasteiger partial charge in [-0.2, -0.15) is 0 Å². The average molecular weight is 248 g/mol. The van der Waals surface area contributed by atoms with Crippen LogP contribution in [-0.4, -0.2) is 33.5 Å². The molecule has 0 aromatic heterocycles. The third-order valence-electron chi connectivity index (χ3n) is 2.06.